The van der Waals surface area contributed by atoms with Gasteiger partial charge in [0.15, 0.2) is 11.5 Å². The molecule has 4 rings (SSSR count). The van der Waals surface area contributed by atoms with Gasteiger partial charge in [-0.05, 0) is 36.8 Å². The number of aliphatic hydroxyl groups is 1. The fourth-order valence-corrected chi connectivity index (χ4v) is 4.16. The van der Waals surface area contributed by atoms with E-state index in [4.69, 9.17) is 13.9 Å². The summed E-state index contributed by atoms with van der Waals surface area (Å²) in [5.41, 5.74) is -1.72. The highest BCUT2D eigenvalue weighted by Crippen LogP contribution is 2.37. The first kappa shape index (κ1) is 32.1. The Kier molecular flexibility index (Phi) is 9.98. The lowest BCUT2D eigenvalue weighted by Gasteiger charge is -2.15. The van der Waals surface area contributed by atoms with Crippen LogP contribution in [0.5, 0.6) is 5.75 Å². The normalized spacial score (nSPS) is 12.2. The van der Waals surface area contributed by atoms with Crippen LogP contribution in [0.2, 0.25) is 0 Å². The van der Waals surface area contributed by atoms with Crippen molar-refractivity contribution < 1.29 is 50.5 Å². The Balaban J connectivity index is 1.77. The lowest BCUT2D eigenvalue weighted by molar-refractivity contribution is -0.140. The maximum Gasteiger partial charge on any atom is 0.433 e. The standard InChI is InChI=1S/C29H27F5N4O6/c1-3-4-11-43-28(41)36-20(14-39)25-24(26(40)35-13-15-5-6-16(30)12-19(15)31)38-27(44-25)18-7-9-21(42-2)23-17(18)8-10-22(37-23)29(32,33)34/h5-10,12,20,39H,3-4,11,13-14H2,1-2H3,(H,35,40)(H,36,41). The van der Waals surface area contributed by atoms with E-state index in [9.17, 15) is 36.6 Å². The summed E-state index contributed by atoms with van der Waals surface area (Å²) in [6, 6.07) is 6.07. The zero-order valence-corrected chi connectivity index (χ0v) is 23.4. The second-order valence-corrected chi connectivity index (χ2v) is 9.43. The van der Waals surface area contributed by atoms with Gasteiger partial charge in [0.05, 0.1) is 20.3 Å². The number of nitrogens with zero attached hydrogens (tertiary/aromatic N) is 2. The molecule has 4 aromatic rings. The Morgan fingerprint density at radius 1 is 1.09 bits per heavy atom. The number of alkyl carbamates (subject to hydrolysis) is 1. The van der Waals surface area contributed by atoms with Gasteiger partial charge in [0.2, 0.25) is 5.89 Å². The number of rotatable bonds is 11. The number of hydrogen-bond donors (Lipinski definition) is 3. The molecular weight excluding hydrogens is 595 g/mol. The summed E-state index contributed by atoms with van der Waals surface area (Å²) in [4.78, 5) is 33.6. The van der Waals surface area contributed by atoms with E-state index in [1.165, 1.54) is 19.2 Å². The molecule has 2 aromatic carbocycles. The van der Waals surface area contributed by atoms with E-state index < -0.39 is 60.4 Å². The molecule has 2 amide bonds. The van der Waals surface area contributed by atoms with E-state index in [2.05, 4.69) is 20.6 Å². The average molecular weight is 623 g/mol. The van der Waals surface area contributed by atoms with Crippen molar-refractivity contribution in [3.05, 3.63) is 76.8 Å². The molecule has 0 fully saturated rings. The van der Waals surface area contributed by atoms with Crippen molar-refractivity contribution in [3.8, 4) is 17.2 Å². The number of pyridine rings is 1. The topological polar surface area (TPSA) is 136 Å². The first-order chi connectivity index (χ1) is 21.0. The molecule has 1 atom stereocenters. The first-order valence-corrected chi connectivity index (χ1v) is 13.3. The minimum Gasteiger partial charge on any atom is -0.494 e. The molecule has 234 valence electrons. The summed E-state index contributed by atoms with van der Waals surface area (Å²) < 4.78 is 83.8. The lowest BCUT2D eigenvalue weighted by atomic mass is 10.1. The summed E-state index contributed by atoms with van der Waals surface area (Å²) >= 11 is 0. The Morgan fingerprint density at radius 3 is 2.52 bits per heavy atom. The maximum absolute atomic E-state index is 14.2. The number of methoxy groups -OCH3 is 1. The van der Waals surface area contributed by atoms with E-state index in [1.54, 1.807) is 0 Å². The van der Waals surface area contributed by atoms with Crippen LogP contribution in [0.1, 0.15) is 53.3 Å². The fourth-order valence-electron chi connectivity index (χ4n) is 4.16. The van der Waals surface area contributed by atoms with Crippen LogP contribution in [0.4, 0.5) is 26.7 Å². The highest BCUT2D eigenvalue weighted by atomic mass is 19.4. The number of aromatic nitrogens is 2. The third-order valence-electron chi connectivity index (χ3n) is 6.41. The van der Waals surface area contributed by atoms with Crippen LogP contribution in [0.3, 0.4) is 0 Å². The molecule has 44 heavy (non-hydrogen) atoms. The number of unbranched alkanes of at least 4 members (excludes halogenated alkanes) is 1. The number of alkyl halides is 3. The van der Waals surface area contributed by atoms with E-state index in [0.29, 0.717) is 12.5 Å². The van der Waals surface area contributed by atoms with E-state index >= 15 is 0 Å². The van der Waals surface area contributed by atoms with Crippen molar-refractivity contribution in [2.75, 3.05) is 20.3 Å². The molecule has 0 spiro atoms. The van der Waals surface area contributed by atoms with Crippen molar-refractivity contribution >= 4 is 22.9 Å². The Hall–Kier alpha value is -4.79. The van der Waals surface area contributed by atoms with Gasteiger partial charge in [0.25, 0.3) is 5.91 Å². The van der Waals surface area contributed by atoms with Crippen LogP contribution in [-0.2, 0) is 17.5 Å². The quantitative estimate of drug-likeness (QED) is 0.144. The number of carbonyl (C=O) groups is 2. The summed E-state index contributed by atoms with van der Waals surface area (Å²) in [6.07, 6.45) is -4.34. The maximum atomic E-state index is 14.2. The third kappa shape index (κ3) is 7.22. The predicted octanol–water partition coefficient (Wildman–Crippen LogP) is 5.69. The second-order valence-electron chi connectivity index (χ2n) is 9.43. The molecule has 0 saturated carbocycles. The highest BCUT2D eigenvalue weighted by molar-refractivity contribution is 5.98. The monoisotopic (exact) mass is 622 g/mol. The zero-order chi connectivity index (χ0) is 32.0. The Labute approximate surface area is 247 Å². The van der Waals surface area contributed by atoms with Gasteiger partial charge in [-0.15, -0.1) is 0 Å². The van der Waals surface area contributed by atoms with Gasteiger partial charge in [-0.25, -0.2) is 23.5 Å². The van der Waals surface area contributed by atoms with Crippen molar-refractivity contribution in [3.63, 3.8) is 0 Å². The van der Waals surface area contributed by atoms with E-state index in [0.717, 1.165) is 30.7 Å². The van der Waals surface area contributed by atoms with Gasteiger partial charge in [0.1, 0.15) is 34.6 Å². The van der Waals surface area contributed by atoms with Gasteiger partial charge >= 0.3 is 12.3 Å². The highest BCUT2D eigenvalue weighted by Gasteiger charge is 2.34. The molecule has 1 unspecified atom stereocenters. The van der Waals surface area contributed by atoms with Gasteiger partial charge < -0.3 is 29.6 Å². The van der Waals surface area contributed by atoms with Crippen LogP contribution < -0.4 is 15.4 Å². The summed E-state index contributed by atoms with van der Waals surface area (Å²) in [6.45, 7) is 0.811. The smallest absolute Gasteiger partial charge is 0.433 e. The molecular formula is C29H27F5N4O6. The van der Waals surface area contributed by atoms with Crippen LogP contribution in [-0.4, -0.2) is 47.4 Å². The van der Waals surface area contributed by atoms with Crippen molar-refractivity contribution in [2.24, 2.45) is 0 Å². The van der Waals surface area contributed by atoms with Crippen LogP contribution >= 0.6 is 0 Å². The number of benzene rings is 2. The molecule has 2 heterocycles. The zero-order valence-electron chi connectivity index (χ0n) is 23.4. The minimum atomic E-state index is -4.74. The predicted molar refractivity (Wildman–Crippen MR) is 146 cm³/mol. The molecule has 0 aliphatic rings. The molecule has 10 nitrogen and oxygen atoms in total. The van der Waals surface area contributed by atoms with Crippen LogP contribution in [0.15, 0.2) is 46.9 Å². The number of carbonyl (C=O) groups excluding carboxylic acids is 2. The molecule has 15 heteroatoms. The number of aliphatic hydroxyl groups excluding tert-OH is 1. The van der Waals surface area contributed by atoms with Gasteiger partial charge in [0, 0.05) is 29.1 Å². The average Bonchev–Trinajstić information content (AvgIpc) is 3.43. The van der Waals surface area contributed by atoms with Gasteiger partial charge in [-0.3, -0.25) is 4.79 Å². The molecule has 0 radical (unpaired) electrons. The number of halogens is 5. The lowest BCUT2D eigenvalue weighted by Crippen LogP contribution is -2.33. The van der Waals surface area contributed by atoms with Gasteiger partial charge in [-0.1, -0.05) is 19.4 Å². The Bertz CT molecular complexity index is 1660. The van der Waals surface area contributed by atoms with Crippen molar-refractivity contribution in [1.29, 1.82) is 0 Å². The number of ether oxygens (including phenoxy) is 2. The number of oxazole rings is 1. The van der Waals surface area contributed by atoms with Crippen LogP contribution in [0.25, 0.3) is 22.4 Å². The summed E-state index contributed by atoms with van der Waals surface area (Å²) in [5.74, 6) is -3.22. The molecule has 3 N–H and O–H groups in total. The molecule has 2 aromatic heterocycles. The molecule has 0 bridgehead atoms. The third-order valence-corrected chi connectivity index (χ3v) is 6.41. The molecule has 0 aliphatic carbocycles. The van der Waals surface area contributed by atoms with E-state index in [-0.39, 0.29) is 46.0 Å². The molecule has 0 saturated heterocycles. The SMILES string of the molecule is CCCCOC(=O)NC(CO)c1oc(-c2ccc(OC)c3nc(C(F)(F)F)ccc23)nc1C(=O)NCc1ccc(F)cc1F. The van der Waals surface area contributed by atoms with Gasteiger partial charge in [-0.2, -0.15) is 13.2 Å². The second kappa shape index (κ2) is 13.7. The Morgan fingerprint density at radius 2 is 1.86 bits per heavy atom. The first-order valence-electron chi connectivity index (χ1n) is 13.3. The van der Waals surface area contributed by atoms with Crippen molar-refractivity contribution in [2.45, 2.75) is 38.5 Å². The van der Waals surface area contributed by atoms with E-state index in [1.807, 2.05) is 6.92 Å². The number of amides is 2. The summed E-state index contributed by atoms with van der Waals surface area (Å²) in [7, 11) is 1.25. The van der Waals surface area contributed by atoms with Crippen molar-refractivity contribution in [1.82, 2.24) is 20.6 Å². The van der Waals surface area contributed by atoms with Crippen LogP contribution in [0, 0.1) is 11.6 Å². The molecule has 0 aliphatic heterocycles. The summed E-state index contributed by atoms with van der Waals surface area (Å²) in [5, 5.41) is 15.0. The minimum absolute atomic E-state index is 0.0191. The fraction of sp³-hybridized carbons (Fsp3) is 0.310. The number of hydrogen-bond acceptors (Lipinski definition) is 8. The largest absolute Gasteiger partial charge is 0.494 e. The number of fused-ring (bicyclic) bond motifs is 1. The number of nitrogens with one attached hydrogen (secondary N) is 2.